The van der Waals surface area contributed by atoms with Crippen LogP contribution in [0.25, 0.3) is 0 Å². The standard InChI is InChI=1S/C30H33F7O/c1-2-3-4-5-18-14-24(31)28(25(32)15-18)21-8-6-19(7-9-21)20-10-12-22(13-11-20)30(36,37)38-23-16-26(33)29(35)27(34)17-23/h6,8,14-17,19-22H,2-5,7,9-13H2,1H3. The van der Waals surface area contributed by atoms with Gasteiger partial charge >= 0.3 is 6.11 Å². The molecule has 2 unspecified atom stereocenters. The topological polar surface area (TPSA) is 9.23 Å². The second-order valence-electron chi connectivity index (χ2n) is 10.6. The van der Waals surface area contributed by atoms with E-state index in [0.29, 0.717) is 49.8 Å². The van der Waals surface area contributed by atoms with Crippen molar-refractivity contribution in [1.82, 2.24) is 0 Å². The first kappa shape index (κ1) is 28.5. The van der Waals surface area contributed by atoms with Crippen molar-refractivity contribution in [2.75, 3.05) is 0 Å². The van der Waals surface area contributed by atoms with Crippen LogP contribution in [0.15, 0.2) is 36.4 Å². The molecular weight excluding hydrogens is 509 g/mol. The van der Waals surface area contributed by atoms with Gasteiger partial charge in [-0.05, 0) is 80.9 Å². The van der Waals surface area contributed by atoms with Crippen molar-refractivity contribution < 1.29 is 35.5 Å². The third-order valence-corrected chi connectivity index (χ3v) is 8.04. The molecule has 1 saturated carbocycles. The number of halogens is 7. The maximum atomic E-state index is 14.8. The van der Waals surface area contributed by atoms with E-state index < -0.39 is 46.9 Å². The van der Waals surface area contributed by atoms with Crippen LogP contribution in [-0.2, 0) is 6.42 Å². The van der Waals surface area contributed by atoms with E-state index in [1.54, 1.807) is 0 Å². The van der Waals surface area contributed by atoms with Gasteiger partial charge in [0, 0.05) is 23.6 Å². The van der Waals surface area contributed by atoms with E-state index in [1.165, 1.54) is 12.1 Å². The number of hydrogen-bond acceptors (Lipinski definition) is 1. The highest BCUT2D eigenvalue weighted by Crippen LogP contribution is 2.45. The van der Waals surface area contributed by atoms with E-state index >= 15 is 0 Å². The molecular formula is C30H33F7O. The molecule has 0 amide bonds. The second-order valence-corrected chi connectivity index (χ2v) is 10.6. The van der Waals surface area contributed by atoms with Gasteiger partial charge in [-0.2, -0.15) is 8.78 Å². The summed E-state index contributed by atoms with van der Waals surface area (Å²) in [6.45, 7) is 2.07. The number of ether oxygens (including phenoxy) is 1. The molecule has 4 rings (SSSR count). The predicted molar refractivity (Wildman–Crippen MR) is 132 cm³/mol. The van der Waals surface area contributed by atoms with Crippen LogP contribution in [-0.4, -0.2) is 6.11 Å². The minimum atomic E-state index is -3.66. The third-order valence-electron chi connectivity index (χ3n) is 8.04. The van der Waals surface area contributed by atoms with Gasteiger partial charge in [-0.15, -0.1) is 0 Å². The highest BCUT2D eigenvalue weighted by molar-refractivity contribution is 5.32. The zero-order chi connectivity index (χ0) is 27.4. The van der Waals surface area contributed by atoms with Gasteiger partial charge in [0.25, 0.3) is 0 Å². The number of benzene rings is 2. The number of hydrogen-bond donors (Lipinski definition) is 0. The van der Waals surface area contributed by atoms with Crippen LogP contribution in [0.2, 0.25) is 0 Å². The van der Waals surface area contributed by atoms with Gasteiger partial charge in [-0.3, -0.25) is 0 Å². The number of allylic oxidation sites excluding steroid dienone is 2. The van der Waals surface area contributed by atoms with Crippen LogP contribution in [0, 0.1) is 46.8 Å². The van der Waals surface area contributed by atoms with Gasteiger partial charge in [0.1, 0.15) is 17.4 Å². The van der Waals surface area contributed by atoms with Crippen LogP contribution < -0.4 is 4.74 Å². The molecule has 0 spiro atoms. The molecule has 0 heterocycles. The van der Waals surface area contributed by atoms with Gasteiger partial charge in [0.05, 0.1) is 5.92 Å². The van der Waals surface area contributed by atoms with Gasteiger partial charge in [-0.25, -0.2) is 22.0 Å². The second kappa shape index (κ2) is 12.1. The van der Waals surface area contributed by atoms with Crippen molar-refractivity contribution in [2.45, 2.75) is 83.2 Å². The van der Waals surface area contributed by atoms with Crippen molar-refractivity contribution in [1.29, 1.82) is 0 Å². The van der Waals surface area contributed by atoms with E-state index in [9.17, 15) is 30.7 Å². The van der Waals surface area contributed by atoms with Gasteiger partial charge < -0.3 is 4.74 Å². The number of alkyl halides is 2. The fourth-order valence-electron chi connectivity index (χ4n) is 5.90. The molecule has 0 saturated heterocycles. The first-order valence-corrected chi connectivity index (χ1v) is 13.5. The molecule has 0 N–H and O–H groups in total. The fraction of sp³-hybridized carbons (Fsp3) is 0.533. The molecule has 2 aromatic carbocycles. The lowest BCUT2D eigenvalue weighted by Crippen LogP contribution is -2.38. The first-order chi connectivity index (χ1) is 18.1. The van der Waals surface area contributed by atoms with Crippen LogP contribution in [0.5, 0.6) is 5.75 Å². The third kappa shape index (κ3) is 6.55. The van der Waals surface area contributed by atoms with Gasteiger partial charge in [0.2, 0.25) is 0 Å². The van der Waals surface area contributed by atoms with Crippen molar-refractivity contribution >= 4 is 0 Å². The molecule has 1 nitrogen and oxygen atoms in total. The minimum Gasteiger partial charge on any atom is -0.432 e. The molecule has 2 aliphatic carbocycles. The molecule has 208 valence electrons. The van der Waals surface area contributed by atoms with Crippen molar-refractivity contribution in [3.05, 3.63) is 76.6 Å². The number of aryl methyl sites for hydroxylation is 1. The summed E-state index contributed by atoms with van der Waals surface area (Å²) < 4.78 is 104. The average Bonchev–Trinajstić information content (AvgIpc) is 2.87. The van der Waals surface area contributed by atoms with E-state index in [2.05, 4.69) is 11.7 Å². The van der Waals surface area contributed by atoms with Crippen LogP contribution in [0.1, 0.15) is 81.8 Å². The predicted octanol–water partition coefficient (Wildman–Crippen LogP) is 9.64. The lowest BCUT2D eigenvalue weighted by atomic mass is 9.71. The van der Waals surface area contributed by atoms with Gasteiger partial charge in [-0.1, -0.05) is 31.9 Å². The van der Waals surface area contributed by atoms with E-state index in [4.69, 9.17) is 0 Å². The average molecular weight is 543 g/mol. The minimum absolute atomic E-state index is 0.0908. The normalized spacial score (nSPS) is 24.0. The SMILES string of the molecule is CCCCCc1cc(F)c(C2C=CC(C3CCC(C(F)(F)Oc4cc(F)c(F)c(F)c4)CC3)CC2)c(F)c1. The quantitative estimate of drug-likeness (QED) is 0.133. The highest BCUT2D eigenvalue weighted by atomic mass is 19.3. The van der Waals surface area contributed by atoms with E-state index in [0.717, 1.165) is 19.3 Å². The summed E-state index contributed by atoms with van der Waals surface area (Å²) >= 11 is 0. The summed E-state index contributed by atoms with van der Waals surface area (Å²) in [5.41, 5.74) is 0.759. The summed E-state index contributed by atoms with van der Waals surface area (Å²) in [5.74, 6) is -7.96. The van der Waals surface area contributed by atoms with Gasteiger partial charge in [0.15, 0.2) is 17.5 Å². The first-order valence-electron chi connectivity index (χ1n) is 13.5. The zero-order valence-electron chi connectivity index (χ0n) is 21.4. The maximum Gasteiger partial charge on any atom is 0.400 e. The Labute approximate surface area is 219 Å². The molecule has 1 fully saturated rings. The molecule has 0 bridgehead atoms. The Morgan fingerprint density at radius 2 is 1.39 bits per heavy atom. The zero-order valence-corrected chi connectivity index (χ0v) is 21.4. The van der Waals surface area contributed by atoms with E-state index in [-0.39, 0.29) is 36.2 Å². The Balaban J connectivity index is 1.33. The maximum absolute atomic E-state index is 14.8. The van der Waals surface area contributed by atoms with E-state index in [1.807, 2.05) is 12.2 Å². The molecule has 2 aliphatic rings. The molecule has 0 aromatic heterocycles. The lowest BCUT2D eigenvalue weighted by Gasteiger charge is -2.37. The molecule has 2 aromatic rings. The lowest BCUT2D eigenvalue weighted by molar-refractivity contribution is -0.224. The van der Waals surface area contributed by atoms with Crippen molar-refractivity contribution in [3.63, 3.8) is 0 Å². The summed E-state index contributed by atoms with van der Waals surface area (Å²) in [6, 6.07) is 3.69. The summed E-state index contributed by atoms with van der Waals surface area (Å²) in [7, 11) is 0. The molecule has 38 heavy (non-hydrogen) atoms. The smallest absolute Gasteiger partial charge is 0.400 e. The number of rotatable bonds is 9. The summed E-state index contributed by atoms with van der Waals surface area (Å²) in [6.07, 6.45) is 6.33. The Morgan fingerprint density at radius 1 is 0.763 bits per heavy atom. The van der Waals surface area contributed by atoms with Crippen LogP contribution in [0.3, 0.4) is 0 Å². The Kier molecular flexibility index (Phi) is 9.09. The summed E-state index contributed by atoms with van der Waals surface area (Å²) in [5, 5.41) is 0. The summed E-state index contributed by atoms with van der Waals surface area (Å²) in [4.78, 5) is 0. The fourth-order valence-corrected chi connectivity index (χ4v) is 5.90. The monoisotopic (exact) mass is 542 g/mol. The highest BCUT2D eigenvalue weighted by Gasteiger charge is 2.45. The van der Waals surface area contributed by atoms with Crippen molar-refractivity contribution in [2.24, 2.45) is 17.8 Å². The van der Waals surface area contributed by atoms with Crippen LogP contribution in [0.4, 0.5) is 30.7 Å². The van der Waals surface area contributed by atoms with Crippen LogP contribution >= 0.6 is 0 Å². The van der Waals surface area contributed by atoms with Crippen molar-refractivity contribution in [3.8, 4) is 5.75 Å². The molecule has 0 aliphatic heterocycles. The Hall–Kier alpha value is -2.51. The number of unbranched alkanes of at least 4 members (excludes halogenated alkanes) is 2. The Morgan fingerprint density at radius 3 is 1.95 bits per heavy atom. The largest absolute Gasteiger partial charge is 0.432 e. The Bertz CT molecular complexity index is 1090. The molecule has 8 heteroatoms. The molecule has 0 radical (unpaired) electrons. The molecule has 2 atom stereocenters.